The zero-order chi connectivity index (χ0) is 14.2. The molecule has 20 heavy (non-hydrogen) atoms. The molecule has 1 fully saturated rings. The molecule has 1 aliphatic carbocycles. The molecule has 2 unspecified atom stereocenters. The van der Waals surface area contributed by atoms with Crippen molar-refractivity contribution < 1.29 is 5.11 Å². The van der Waals surface area contributed by atoms with E-state index < -0.39 is 0 Å². The number of rotatable bonds is 4. The molecule has 108 valence electrons. The summed E-state index contributed by atoms with van der Waals surface area (Å²) in [6.07, 6.45) is 6.14. The van der Waals surface area contributed by atoms with Gasteiger partial charge < -0.3 is 5.11 Å². The van der Waals surface area contributed by atoms with Crippen molar-refractivity contribution in [3.8, 4) is 11.8 Å². The predicted molar refractivity (Wildman–Crippen MR) is 87.7 cm³/mol. The smallest absolute Gasteiger partial charge is 0.0540 e. The lowest BCUT2D eigenvalue weighted by Crippen LogP contribution is -2.15. The van der Waals surface area contributed by atoms with E-state index in [1.807, 2.05) is 0 Å². The van der Waals surface area contributed by atoms with Gasteiger partial charge in [0.2, 0.25) is 0 Å². The van der Waals surface area contributed by atoms with Gasteiger partial charge in [-0.3, -0.25) is 0 Å². The molecule has 0 aliphatic heterocycles. The first kappa shape index (κ1) is 15.5. The van der Waals surface area contributed by atoms with Crippen molar-refractivity contribution >= 4 is 11.8 Å². The third-order valence-corrected chi connectivity index (χ3v) is 5.20. The van der Waals surface area contributed by atoms with Crippen LogP contribution in [-0.4, -0.2) is 17.0 Å². The molecule has 0 saturated heterocycles. The molecule has 1 N–H and O–H groups in total. The summed E-state index contributed by atoms with van der Waals surface area (Å²) in [5.41, 5.74) is 2.43. The molecule has 0 heterocycles. The predicted octanol–water partition coefficient (Wildman–Crippen LogP) is 4.23. The third kappa shape index (κ3) is 5.23. The lowest BCUT2D eigenvalue weighted by atomic mass is 9.91. The van der Waals surface area contributed by atoms with E-state index in [0.717, 1.165) is 22.5 Å². The maximum absolute atomic E-state index is 8.70. The van der Waals surface area contributed by atoms with Crippen LogP contribution in [0.2, 0.25) is 0 Å². The maximum atomic E-state index is 8.70. The molecule has 0 amide bonds. The quantitative estimate of drug-likeness (QED) is 0.837. The van der Waals surface area contributed by atoms with Crippen molar-refractivity contribution in [1.82, 2.24) is 0 Å². The topological polar surface area (TPSA) is 20.2 Å². The molecule has 2 atom stereocenters. The Morgan fingerprint density at radius 2 is 2.05 bits per heavy atom. The van der Waals surface area contributed by atoms with Crippen molar-refractivity contribution in [2.45, 2.75) is 50.0 Å². The third-order valence-electron chi connectivity index (χ3n) is 3.80. The zero-order valence-electron chi connectivity index (χ0n) is 12.3. The van der Waals surface area contributed by atoms with Gasteiger partial charge in [0.25, 0.3) is 0 Å². The molecule has 1 aromatic rings. The Hall–Kier alpha value is -0.910. The molecule has 2 rings (SSSR count). The molecule has 0 radical (unpaired) electrons. The van der Waals surface area contributed by atoms with Gasteiger partial charge in [0.15, 0.2) is 0 Å². The van der Waals surface area contributed by atoms with E-state index in [1.54, 1.807) is 0 Å². The van der Waals surface area contributed by atoms with Crippen LogP contribution in [0.3, 0.4) is 0 Å². The van der Waals surface area contributed by atoms with E-state index >= 15 is 0 Å². The number of benzene rings is 1. The lowest BCUT2D eigenvalue weighted by molar-refractivity contribution is 0.305. The van der Waals surface area contributed by atoms with Gasteiger partial charge in [-0.1, -0.05) is 43.7 Å². The standard InChI is InChI=1S/C18H24OS/c1-15-5-4-7-18(13-15)20-14-17-10-8-16(9-11-17)6-2-3-12-19/h8-11,15,18-19H,3-5,7,12-14H2,1H3. The summed E-state index contributed by atoms with van der Waals surface area (Å²) < 4.78 is 0. The zero-order valence-corrected chi connectivity index (χ0v) is 13.1. The van der Waals surface area contributed by atoms with Gasteiger partial charge >= 0.3 is 0 Å². The minimum absolute atomic E-state index is 0.140. The van der Waals surface area contributed by atoms with Crippen LogP contribution in [0.15, 0.2) is 24.3 Å². The fourth-order valence-electron chi connectivity index (χ4n) is 2.65. The molecule has 0 bridgehead atoms. The van der Waals surface area contributed by atoms with Gasteiger partial charge in [0.05, 0.1) is 6.61 Å². The van der Waals surface area contributed by atoms with Crippen LogP contribution in [0.4, 0.5) is 0 Å². The largest absolute Gasteiger partial charge is 0.395 e. The Bertz CT molecular complexity index is 455. The summed E-state index contributed by atoms with van der Waals surface area (Å²) in [6, 6.07) is 8.54. The van der Waals surface area contributed by atoms with Crippen molar-refractivity contribution in [3.63, 3.8) is 0 Å². The van der Waals surface area contributed by atoms with Gasteiger partial charge in [0.1, 0.15) is 0 Å². The maximum Gasteiger partial charge on any atom is 0.0540 e. The summed E-state index contributed by atoms with van der Waals surface area (Å²) in [4.78, 5) is 0. The van der Waals surface area contributed by atoms with Crippen LogP contribution >= 0.6 is 11.8 Å². The molecule has 1 aliphatic rings. The summed E-state index contributed by atoms with van der Waals surface area (Å²) in [5, 5.41) is 9.55. The second-order valence-corrected chi connectivity index (χ2v) is 6.97. The second-order valence-electron chi connectivity index (χ2n) is 5.68. The molecule has 2 heteroatoms. The highest BCUT2D eigenvalue weighted by atomic mass is 32.2. The molecule has 0 spiro atoms. The Balaban J connectivity index is 1.80. The number of thioether (sulfide) groups is 1. The highest BCUT2D eigenvalue weighted by Crippen LogP contribution is 2.33. The number of aliphatic hydroxyl groups is 1. The monoisotopic (exact) mass is 288 g/mol. The van der Waals surface area contributed by atoms with E-state index in [-0.39, 0.29) is 6.61 Å². The highest BCUT2D eigenvalue weighted by molar-refractivity contribution is 7.99. The van der Waals surface area contributed by atoms with Gasteiger partial charge in [-0.2, -0.15) is 11.8 Å². The van der Waals surface area contributed by atoms with Crippen LogP contribution in [0.1, 0.15) is 50.2 Å². The van der Waals surface area contributed by atoms with E-state index in [9.17, 15) is 0 Å². The SMILES string of the molecule is CC1CCCC(SCc2ccc(C#CCCO)cc2)C1. The first-order valence-corrected chi connectivity index (χ1v) is 8.63. The first-order chi connectivity index (χ1) is 9.78. The molecular formula is C18H24OS. The van der Waals surface area contributed by atoms with E-state index in [1.165, 1.54) is 31.2 Å². The Kier molecular flexibility index (Phi) is 6.50. The molecule has 1 aromatic carbocycles. The fraction of sp³-hybridized carbons (Fsp3) is 0.556. The average Bonchev–Trinajstić information content (AvgIpc) is 2.47. The molecular weight excluding hydrogens is 264 g/mol. The molecule has 1 saturated carbocycles. The van der Waals surface area contributed by atoms with Gasteiger partial charge in [-0.05, 0) is 36.5 Å². The summed E-state index contributed by atoms with van der Waals surface area (Å²) in [5.74, 6) is 8.04. The number of aliphatic hydroxyl groups excluding tert-OH is 1. The van der Waals surface area contributed by atoms with Crippen LogP contribution in [0.25, 0.3) is 0 Å². The molecule has 1 nitrogen and oxygen atoms in total. The van der Waals surface area contributed by atoms with Crippen LogP contribution in [0.5, 0.6) is 0 Å². The number of hydrogen-bond acceptors (Lipinski definition) is 2. The Morgan fingerprint density at radius 3 is 2.75 bits per heavy atom. The lowest BCUT2D eigenvalue weighted by Gasteiger charge is -2.26. The minimum Gasteiger partial charge on any atom is -0.395 e. The first-order valence-electron chi connectivity index (χ1n) is 7.58. The molecule has 0 aromatic heterocycles. The van der Waals surface area contributed by atoms with Crippen LogP contribution in [-0.2, 0) is 5.75 Å². The van der Waals surface area contributed by atoms with Crippen LogP contribution in [0, 0.1) is 17.8 Å². The van der Waals surface area contributed by atoms with Crippen molar-refractivity contribution in [2.75, 3.05) is 6.61 Å². The Morgan fingerprint density at radius 1 is 1.25 bits per heavy atom. The van der Waals surface area contributed by atoms with Crippen molar-refractivity contribution in [2.24, 2.45) is 5.92 Å². The Labute approximate surface area is 127 Å². The number of hydrogen-bond donors (Lipinski definition) is 1. The van der Waals surface area contributed by atoms with E-state index in [0.29, 0.717) is 6.42 Å². The summed E-state index contributed by atoms with van der Waals surface area (Å²) >= 11 is 2.11. The van der Waals surface area contributed by atoms with Crippen molar-refractivity contribution in [1.29, 1.82) is 0 Å². The van der Waals surface area contributed by atoms with E-state index in [4.69, 9.17) is 5.11 Å². The van der Waals surface area contributed by atoms with Crippen LogP contribution < -0.4 is 0 Å². The second kappa shape index (κ2) is 8.39. The normalized spacial score (nSPS) is 22.1. The summed E-state index contributed by atoms with van der Waals surface area (Å²) in [7, 11) is 0. The summed E-state index contributed by atoms with van der Waals surface area (Å²) in [6.45, 7) is 2.52. The van der Waals surface area contributed by atoms with Gasteiger partial charge in [-0.25, -0.2) is 0 Å². The fourth-order valence-corrected chi connectivity index (χ4v) is 4.07. The van der Waals surface area contributed by atoms with Crippen molar-refractivity contribution in [3.05, 3.63) is 35.4 Å². The van der Waals surface area contributed by atoms with Gasteiger partial charge in [0, 0.05) is 23.0 Å². The highest BCUT2D eigenvalue weighted by Gasteiger charge is 2.18. The van der Waals surface area contributed by atoms with Gasteiger partial charge in [-0.15, -0.1) is 0 Å². The average molecular weight is 288 g/mol. The minimum atomic E-state index is 0.140. The van der Waals surface area contributed by atoms with E-state index in [2.05, 4.69) is 54.8 Å².